The van der Waals surface area contributed by atoms with E-state index in [1.807, 2.05) is 6.07 Å². The predicted octanol–water partition coefficient (Wildman–Crippen LogP) is 4.68. The van der Waals surface area contributed by atoms with Gasteiger partial charge in [0.15, 0.2) is 0 Å². The molecule has 1 unspecified atom stereocenters. The van der Waals surface area contributed by atoms with E-state index in [0.29, 0.717) is 23.6 Å². The van der Waals surface area contributed by atoms with Crippen molar-refractivity contribution in [1.82, 2.24) is 9.71 Å². The van der Waals surface area contributed by atoms with Gasteiger partial charge in [0.05, 0.1) is 11.3 Å². The highest BCUT2D eigenvalue weighted by molar-refractivity contribution is 7.88. The average molecular weight is 531 g/mol. The minimum Gasteiger partial charge on any atom is -0.396 e. The lowest BCUT2D eigenvalue weighted by atomic mass is 10.00. The van der Waals surface area contributed by atoms with Crippen molar-refractivity contribution in [2.24, 2.45) is 0 Å². The van der Waals surface area contributed by atoms with Crippen LogP contribution < -0.4 is 10.3 Å². The van der Waals surface area contributed by atoms with Gasteiger partial charge in [0.25, 0.3) is 0 Å². The van der Waals surface area contributed by atoms with Crippen LogP contribution in [0.4, 0.5) is 13.2 Å². The molecule has 0 aliphatic rings. The fraction of sp³-hybridized carbons (Fsp3) is 0.222. The first kappa shape index (κ1) is 26.6. The Balaban J connectivity index is 1.49. The molecule has 6 nitrogen and oxygen atoms in total. The number of rotatable bonds is 9. The van der Waals surface area contributed by atoms with Crippen molar-refractivity contribution >= 4 is 20.9 Å². The van der Waals surface area contributed by atoms with Crippen LogP contribution in [-0.4, -0.2) is 25.1 Å². The molecule has 0 fully saturated rings. The van der Waals surface area contributed by atoms with Gasteiger partial charge in [-0.05, 0) is 47.2 Å². The summed E-state index contributed by atoms with van der Waals surface area (Å²) in [4.78, 5) is 14.0. The number of aromatic amines is 1. The van der Waals surface area contributed by atoms with Gasteiger partial charge in [0, 0.05) is 29.6 Å². The lowest BCUT2D eigenvalue weighted by Crippen LogP contribution is -2.30. The molecule has 1 atom stereocenters. The van der Waals surface area contributed by atoms with Crippen LogP contribution in [-0.2, 0) is 28.4 Å². The first-order valence-corrected chi connectivity index (χ1v) is 13.2. The van der Waals surface area contributed by atoms with Crippen molar-refractivity contribution in [2.75, 3.05) is 6.61 Å². The summed E-state index contributed by atoms with van der Waals surface area (Å²) in [5.74, 6) is -0.264. The fourth-order valence-electron chi connectivity index (χ4n) is 4.22. The maximum Gasteiger partial charge on any atom is 0.417 e. The number of aliphatic hydroxyl groups is 1. The Morgan fingerprint density at radius 2 is 1.54 bits per heavy atom. The van der Waals surface area contributed by atoms with Gasteiger partial charge < -0.3 is 10.1 Å². The number of aliphatic hydroxyl groups excluding tert-OH is 1. The minimum atomic E-state index is -4.66. The molecule has 0 bridgehead atoms. The third-order valence-corrected chi connectivity index (χ3v) is 7.30. The van der Waals surface area contributed by atoms with Gasteiger partial charge in [-0.1, -0.05) is 60.7 Å². The van der Waals surface area contributed by atoms with E-state index in [4.69, 9.17) is 0 Å². The zero-order valence-electron chi connectivity index (χ0n) is 19.6. The monoisotopic (exact) mass is 530 g/mol. The number of alkyl halides is 3. The highest BCUT2D eigenvalue weighted by Crippen LogP contribution is 2.33. The predicted molar refractivity (Wildman–Crippen MR) is 135 cm³/mol. The van der Waals surface area contributed by atoms with Crippen molar-refractivity contribution in [1.29, 1.82) is 0 Å². The zero-order chi connectivity index (χ0) is 26.6. The van der Waals surface area contributed by atoms with Crippen LogP contribution in [0.3, 0.4) is 0 Å². The SMILES string of the molecule is O=c1cc(C(F)(F)F)c2cc(Cc3ccc(CS(=O)(=O)NC(CCO)c4ccccc4)cc3)ccc2[nH]1. The number of sulfonamides is 1. The molecular formula is C27H25F3N2O4S. The summed E-state index contributed by atoms with van der Waals surface area (Å²) in [7, 11) is -3.72. The van der Waals surface area contributed by atoms with E-state index in [-0.39, 0.29) is 29.7 Å². The topological polar surface area (TPSA) is 99.3 Å². The second-order valence-electron chi connectivity index (χ2n) is 8.77. The molecule has 0 amide bonds. The van der Waals surface area contributed by atoms with E-state index >= 15 is 0 Å². The first-order valence-electron chi connectivity index (χ1n) is 11.5. The number of H-pyrrole nitrogens is 1. The van der Waals surface area contributed by atoms with Gasteiger partial charge in [-0.25, -0.2) is 13.1 Å². The molecule has 4 rings (SSSR count). The summed E-state index contributed by atoms with van der Waals surface area (Å²) in [5.41, 5.74) is 0.989. The number of halogens is 3. The van der Waals surface area contributed by atoms with Crippen LogP contribution in [0, 0.1) is 0 Å². The number of pyridine rings is 1. The van der Waals surface area contributed by atoms with E-state index in [1.54, 1.807) is 54.6 Å². The van der Waals surface area contributed by atoms with Crippen molar-refractivity contribution in [2.45, 2.75) is 30.8 Å². The Morgan fingerprint density at radius 1 is 0.892 bits per heavy atom. The second-order valence-corrected chi connectivity index (χ2v) is 10.5. The van der Waals surface area contributed by atoms with Gasteiger partial charge in [-0.3, -0.25) is 4.79 Å². The third kappa shape index (κ3) is 6.85. The van der Waals surface area contributed by atoms with Crippen molar-refractivity contribution in [3.05, 3.63) is 117 Å². The number of hydrogen-bond acceptors (Lipinski definition) is 4. The van der Waals surface area contributed by atoms with Gasteiger partial charge in [-0.15, -0.1) is 0 Å². The van der Waals surface area contributed by atoms with Crippen LogP contribution in [0.25, 0.3) is 10.9 Å². The maximum absolute atomic E-state index is 13.4. The Labute approximate surface area is 211 Å². The van der Waals surface area contributed by atoms with Crippen LogP contribution in [0.2, 0.25) is 0 Å². The lowest BCUT2D eigenvalue weighted by molar-refractivity contribution is -0.136. The van der Waals surface area contributed by atoms with Gasteiger partial charge in [0.1, 0.15) is 0 Å². The quantitative estimate of drug-likeness (QED) is 0.293. The normalized spacial score (nSPS) is 13.1. The molecule has 0 aliphatic carbocycles. The van der Waals surface area contributed by atoms with Crippen LogP contribution in [0.5, 0.6) is 0 Å². The van der Waals surface area contributed by atoms with Crippen LogP contribution in [0.15, 0.2) is 83.7 Å². The summed E-state index contributed by atoms with van der Waals surface area (Å²) in [6.45, 7) is -0.175. The van der Waals surface area contributed by atoms with E-state index in [1.165, 1.54) is 12.1 Å². The molecule has 0 aliphatic heterocycles. The van der Waals surface area contributed by atoms with E-state index in [2.05, 4.69) is 9.71 Å². The number of nitrogens with one attached hydrogen (secondary N) is 2. The summed E-state index contributed by atoms with van der Waals surface area (Å²) >= 11 is 0. The smallest absolute Gasteiger partial charge is 0.396 e. The maximum atomic E-state index is 13.4. The Kier molecular flexibility index (Phi) is 7.82. The average Bonchev–Trinajstić information content (AvgIpc) is 2.84. The number of aromatic nitrogens is 1. The summed E-state index contributed by atoms with van der Waals surface area (Å²) < 4.78 is 68.5. The Morgan fingerprint density at radius 3 is 2.19 bits per heavy atom. The standard InChI is InChI=1S/C27H25F3N2O4S/c28-27(29,30)23-16-26(34)31-25-11-10-20(15-22(23)25)14-18-6-8-19(9-7-18)17-37(35,36)32-24(12-13-33)21-4-2-1-3-5-21/h1-11,15-16,24,32-33H,12-14,17H2,(H,31,34). The summed E-state index contributed by atoms with van der Waals surface area (Å²) in [6.07, 6.45) is -4.11. The van der Waals surface area contributed by atoms with Gasteiger partial charge in [-0.2, -0.15) is 13.2 Å². The van der Waals surface area contributed by atoms with E-state index in [9.17, 15) is 31.5 Å². The molecule has 1 heterocycles. The highest BCUT2D eigenvalue weighted by atomic mass is 32.2. The van der Waals surface area contributed by atoms with Crippen molar-refractivity contribution < 1.29 is 26.7 Å². The highest BCUT2D eigenvalue weighted by Gasteiger charge is 2.33. The van der Waals surface area contributed by atoms with Crippen LogP contribution in [0.1, 0.15) is 40.3 Å². The molecule has 4 aromatic rings. The van der Waals surface area contributed by atoms with Gasteiger partial charge in [0.2, 0.25) is 15.6 Å². The zero-order valence-corrected chi connectivity index (χ0v) is 20.4. The molecule has 0 spiro atoms. The summed E-state index contributed by atoms with van der Waals surface area (Å²) in [6, 6.07) is 20.3. The molecule has 3 aromatic carbocycles. The number of fused-ring (bicyclic) bond motifs is 1. The molecule has 0 radical (unpaired) electrons. The second kappa shape index (κ2) is 10.9. The molecule has 0 saturated heterocycles. The summed E-state index contributed by atoms with van der Waals surface area (Å²) in [5, 5.41) is 9.27. The molecular weight excluding hydrogens is 505 g/mol. The van der Waals surface area contributed by atoms with Gasteiger partial charge >= 0.3 is 6.18 Å². The molecule has 0 saturated carbocycles. The third-order valence-electron chi connectivity index (χ3n) is 5.94. The largest absolute Gasteiger partial charge is 0.417 e. The van der Waals surface area contributed by atoms with E-state index in [0.717, 1.165) is 11.1 Å². The number of hydrogen-bond donors (Lipinski definition) is 3. The van der Waals surface area contributed by atoms with Crippen LogP contribution >= 0.6 is 0 Å². The molecule has 10 heteroatoms. The molecule has 194 valence electrons. The molecule has 37 heavy (non-hydrogen) atoms. The Hall–Kier alpha value is -3.47. The molecule has 3 N–H and O–H groups in total. The van der Waals surface area contributed by atoms with E-state index < -0.39 is 33.4 Å². The van der Waals surface area contributed by atoms with Crippen molar-refractivity contribution in [3.8, 4) is 0 Å². The van der Waals surface area contributed by atoms with Crippen molar-refractivity contribution in [3.63, 3.8) is 0 Å². The number of benzene rings is 3. The minimum absolute atomic E-state index is 0.0887. The fourth-order valence-corrected chi connectivity index (χ4v) is 5.62. The lowest BCUT2D eigenvalue weighted by Gasteiger charge is -2.18. The molecule has 1 aromatic heterocycles. The first-order chi connectivity index (χ1) is 17.5. The Bertz CT molecular complexity index is 1530.